The van der Waals surface area contributed by atoms with Gasteiger partial charge in [0.15, 0.2) is 5.82 Å². The number of carbonyl (C=O) groups is 2. The number of hydrogen-bond donors (Lipinski definition) is 2. The summed E-state index contributed by atoms with van der Waals surface area (Å²) >= 11 is 0. The van der Waals surface area contributed by atoms with Gasteiger partial charge in [0.2, 0.25) is 0 Å². The molecule has 1 heterocycles. The van der Waals surface area contributed by atoms with Crippen molar-refractivity contribution in [2.45, 2.75) is 26.7 Å². The smallest absolute Gasteiger partial charge is 0.308 e. The van der Waals surface area contributed by atoms with Crippen LogP contribution in [-0.2, 0) is 4.79 Å². The fourth-order valence-electron chi connectivity index (χ4n) is 2.39. The van der Waals surface area contributed by atoms with E-state index >= 15 is 0 Å². The van der Waals surface area contributed by atoms with Gasteiger partial charge in [-0.3, -0.25) is 9.59 Å². The van der Waals surface area contributed by atoms with Crippen LogP contribution < -0.4 is 5.32 Å². The van der Waals surface area contributed by atoms with Crippen LogP contribution in [-0.4, -0.2) is 33.5 Å². The van der Waals surface area contributed by atoms with Crippen LogP contribution in [0.5, 0.6) is 0 Å². The molecule has 1 aromatic heterocycles. The van der Waals surface area contributed by atoms with Crippen molar-refractivity contribution in [3.05, 3.63) is 47.8 Å². The first kappa shape index (κ1) is 17.6. The zero-order chi connectivity index (χ0) is 17.5. The maximum absolute atomic E-state index is 12.3. The molecule has 2 aromatic rings. The number of aryl methyl sites for hydroxylation is 1. The molecule has 0 aliphatic heterocycles. The number of aliphatic carboxylic acids is 1. The quantitative estimate of drug-likeness (QED) is 0.815. The van der Waals surface area contributed by atoms with E-state index in [1.807, 2.05) is 37.3 Å². The first-order valence-electron chi connectivity index (χ1n) is 7.93. The molecule has 0 fully saturated rings. The normalized spacial score (nSPS) is 11.8. The molecule has 0 saturated carbocycles. The fourth-order valence-corrected chi connectivity index (χ4v) is 2.39. The van der Waals surface area contributed by atoms with Gasteiger partial charge < -0.3 is 10.4 Å². The van der Waals surface area contributed by atoms with E-state index in [9.17, 15) is 9.59 Å². The molecule has 1 atom stereocenters. The van der Waals surface area contributed by atoms with E-state index < -0.39 is 11.9 Å². The SMILES string of the molecule is CCCC(CNC(=O)c1cnc(-c2ccccc2)nc1C)C(=O)O. The number of amides is 1. The average Bonchev–Trinajstić information content (AvgIpc) is 2.58. The maximum atomic E-state index is 12.3. The van der Waals surface area contributed by atoms with Crippen molar-refractivity contribution in [3.63, 3.8) is 0 Å². The molecule has 0 radical (unpaired) electrons. The Morgan fingerprint density at radius 2 is 1.96 bits per heavy atom. The highest BCUT2D eigenvalue weighted by Crippen LogP contribution is 2.15. The fraction of sp³-hybridized carbons (Fsp3) is 0.333. The van der Waals surface area contributed by atoms with Crippen LogP contribution in [0.2, 0.25) is 0 Å². The van der Waals surface area contributed by atoms with Crippen molar-refractivity contribution in [2.24, 2.45) is 5.92 Å². The molecule has 2 N–H and O–H groups in total. The molecular formula is C18H21N3O3. The Bertz CT molecular complexity index is 717. The molecule has 24 heavy (non-hydrogen) atoms. The number of carboxylic acid groups (broad SMARTS) is 1. The van der Waals surface area contributed by atoms with E-state index in [0.29, 0.717) is 23.5 Å². The van der Waals surface area contributed by atoms with E-state index in [1.54, 1.807) is 6.92 Å². The van der Waals surface area contributed by atoms with Gasteiger partial charge in [-0.05, 0) is 13.3 Å². The zero-order valence-corrected chi connectivity index (χ0v) is 13.8. The number of aromatic nitrogens is 2. The molecule has 0 spiro atoms. The summed E-state index contributed by atoms with van der Waals surface area (Å²) in [6.45, 7) is 3.75. The van der Waals surface area contributed by atoms with Gasteiger partial charge in [-0.1, -0.05) is 43.7 Å². The summed E-state index contributed by atoms with van der Waals surface area (Å²) in [6, 6.07) is 9.50. The second-order valence-electron chi connectivity index (χ2n) is 5.59. The summed E-state index contributed by atoms with van der Waals surface area (Å²) < 4.78 is 0. The second kappa shape index (κ2) is 8.19. The van der Waals surface area contributed by atoms with Crippen LogP contribution >= 0.6 is 0 Å². The third-order valence-corrected chi connectivity index (χ3v) is 3.75. The van der Waals surface area contributed by atoms with E-state index in [4.69, 9.17) is 5.11 Å². The Hall–Kier alpha value is -2.76. The minimum atomic E-state index is -0.899. The molecule has 0 bridgehead atoms. The summed E-state index contributed by atoms with van der Waals surface area (Å²) in [7, 11) is 0. The predicted molar refractivity (Wildman–Crippen MR) is 90.6 cm³/mol. The molecule has 1 unspecified atom stereocenters. The highest BCUT2D eigenvalue weighted by molar-refractivity contribution is 5.95. The van der Waals surface area contributed by atoms with Crippen LogP contribution in [0.4, 0.5) is 0 Å². The monoisotopic (exact) mass is 327 g/mol. The first-order valence-corrected chi connectivity index (χ1v) is 7.93. The maximum Gasteiger partial charge on any atom is 0.308 e. The highest BCUT2D eigenvalue weighted by Gasteiger charge is 2.19. The van der Waals surface area contributed by atoms with Gasteiger partial charge in [-0.25, -0.2) is 9.97 Å². The second-order valence-corrected chi connectivity index (χ2v) is 5.59. The highest BCUT2D eigenvalue weighted by atomic mass is 16.4. The number of nitrogens with zero attached hydrogens (tertiary/aromatic N) is 2. The third-order valence-electron chi connectivity index (χ3n) is 3.75. The zero-order valence-electron chi connectivity index (χ0n) is 13.8. The number of nitrogens with one attached hydrogen (secondary N) is 1. The number of rotatable bonds is 7. The molecule has 6 heteroatoms. The van der Waals surface area contributed by atoms with Crippen molar-refractivity contribution in [2.75, 3.05) is 6.54 Å². The Kier molecular flexibility index (Phi) is 6.01. The Balaban J connectivity index is 2.09. The van der Waals surface area contributed by atoms with Crippen LogP contribution in [0.15, 0.2) is 36.5 Å². The van der Waals surface area contributed by atoms with Crippen LogP contribution in [0.3, 0.4) is 0 Å². The molecule has 1 amide bonds. The van der Waals surface area contributed by atoms with E-state index in [2.05, 4.69) is 15.3 Å². The van der Waals surface area contributed by atoms with Crippen molar-refractivity contribution < 1.29 is 14.7 Å². The molecular weight excluding hydrogens is 306 g/mol. The van der Waals surface area contributed by atoms with Crippen LogP contribution in [0, 0.1) is 12.8 Å². The first-order chi connectivity index (χ1) is 11.5. The minimum absolute atomic E-state index is 0.0991. The van der Waals surface area contributed by atoms with Crippen molar-refractivity contribution in [1.29, 1.82) is 0 Å². The van der Waals surface area contributed by atoms with E-state index in [1.165, 1.54) is 6.20 Å². The largest absolute Gasteiger partial charge is 0.481 e. The summed E-state index contributed by atoms with van der Waals surface area (Å²) in [6.07, 6.45) is 2.76. The standard InChI is InChI=1S/C18H21N3O3/c1-3-7-14(18(23)24)10-20-17(22)15-11-19-16(21-12(15)2)13-8-5-4-6-9-13/h4-6,8-9,11,14H,3,7,10H2,1-2H3,(H,20,22)(H,23,24). The molecule has 6 nitrogen and oxygen atoms in total. The van der Waals surface area contributed by atoms with Crippen LogP contribution in [0.25, 0.3) is 11.4 Å². The van der Waals surface area contributed by atoms with Crippen molar-refractivity contribution >= 4 is 11.9 Å². The molecule has 0 aliphatic carbocycles. The number of benzene rings is 1. The molecule has 2 rings (SSSR count). The molecule has 0 aliphatic rings. The lowest BCUT2D eigenvalue weighted by molar-refractivity contribution is -0.141. The average molecular weight is 327 g/mol. The number of carbonyl (C=O) groups excluding carboxylic acids is 1. The third kappa shape index (κ3) is 4.38. The summed E-state index contributed by atoms with van der Waals surface area (Å²) in [5, 5.41) is 11.8. The summed E-state index contributed by atoms with van der Waals surface area (Å²) in [4.78, 5) is 32.0. The Labute approximate surface area is 141 Å². The van der Waals surface area contributed by atoms with E-state index in [-0.39, 0.29) is 12.5 Å². The van der Waals surface area contributed by atoms with Crippen molar-refractivity contribution in [1.82, 2.24) is 15.3 Å². The summed E-state index contributed by atoms with van der Waals surface area (Å²) in [5.41, 5.74) is 1.79. The van der Waals surface area contributed by atoms with Gasteiger partial charge in [-0.15, -0.1) is 0 Å². The molecule has 0 saturated heterocycles. The summed E-state index contributed by atoms with van der Waals surface area (Å²) in [5.74, 6) is -1.28. The van der Waals surface area contributed by atoms with Gasteiger partial charge in [0, 0.05) is 18.3 Å². The van der Waals surface area contributed by atoms with Gasteiger partial charge in [-0.2, -0.15) is 0 Å². The number of hydrogen-bond acceptors (Lipinski definition) is 4. The Morgan fingerprint density at radius 1 is 1.25 bits per heavy atom. The Morgan fingerprint density at radius 3 is 2.54 bits per heavy atom. The molecule has 1 aromatic carbocycles. The minimum Gasteiger partial charge on any atom is -0.481 e. The van der Waals surface area contributed by atoms with E-state index in [0.717, 1.165) is 12.0 Å². The van der Waals surface area contributed by atoms with Gasteiger partial charge in [0.25, 0.3) is 5.91 Å². The van der Waals surface area contributed by atoms with Gasteiger partial charge in [0.1, 0.15) is 0 Å². The van der Waals surface area contributed by atoms with Gasteiger partial charge >= 0.3 is 5.97 Å². The lowest BCUT2D eigenvalue weighted by Crippen LogP contribution is -2.33. The predicted octanol–water partition coefficient (Wildman–Crippen LogP) is 2.68. The van der Waals surface area contributed by atoms with Gasteiger partial charge in [0.05, 0.1) is 17.2 Å². The van der Waals surface area contributed by atoms with Crippen LogP contribution in [0.1, 0.15) is 35.8 Å². The number of carboxylic acids is 1. The lowest BCUT2D eigenvalue weighted by atomic mass is 10.0. The topological polar surface area (TPSA) is 92.2 Å². The molecule has 126 valence electrons. The lowest BCUT2D eigenvalue weighted by Gasteiger charge is -2.13. The van der Waals surface area contributed by atoms with Crippen molar-refractivity contribution in [3.8, 4) is 11.4 Å².